The zero-order valence-corrected chi connectivity index (χ0v) is 8.35. The standard InChI is InChI=1S/C10H17NO2/c1-3-13-8(12)10-4-9(2,5-10)6-11-7-10/h11H,3-7H2,1-2H3. The van der Waals surface area contributed by atoms with Crippen LogP contribution in [0.5, 0.6) is 0 Å². The Bertz CT molecular complexity index is 231. The molecule has 3 nitrogen and oxygen atoms in total. The van der Waals surface area contributed by atoms with E-state index in [9.17, 15) is 4.79 Å². The minimum Gasteiger partial charge on any atom is -0.466 e. The van der Waals surface area contributed by atoms with E-state index in [4.69, 9.17) is 4.74 Å². The van der Waals surface area contributed by atoms with Crippen molar-refractivity contribution in [3.8, 4) is 0 Å². The van der Waals surface area contributed by atoms with Gasteiger partial charge in [0, 0.05) is 13.1 Å². The Morgan fingerprint density at radius 3 is 2.69 bits per heavy atom. The van der Waals surface area contributed by atoms with Gasteiger partial charge in [-0.2, -0.15) is 0 Å². The van der Waals surface area contributed by atoms with Crippen LogP contribution in [0.25, 0.3) is 0 Å². The van der Waals surface area contributed by atoms with Crippen LogP contribution in [0.3, 0.4) is 0 Å². The molecule has 0 aromatic carbocycles. The Morgan fingerprint density at radius 2 is 2.15 bits per heavy atom. The largest absolute Gasteiger partial charge is 0.466 e. The molecule has 0 unspecified atom stereocenters. The SMILES string of the molecule is CCOC(=O)C12CNCC(C)(C1)C2. The number of esters is 1. The summed E-state index contributed by atoms with van der Waals surface area (Å²) in [6.07, 6.45) is 2.01. The van der Waals surface area contributed by atoms with Crippen molar-refractivity contribution in [1.29, 1.82) is 0 Å². The summed E-state index contributed by atoms with van der Waals surface area (Å²) in [7, 11) is 0. The first kappa shape index (κ1) is 9.00. The van der Waals surface area contributed by atoms with Gasteiger partial charge in [-0.1, -0.05) is 6.92 Å². The molecule has 3 aliphatic rings. The average molecular weight is 183 g/mol. The third kappa shape index (κ3) is 1.26. The van der Waals surface area contributed by atoms with Gasteiger partial charge in [-0.05, 0) is 25.2 Å². The zero-order chi connectivity index (χ0) is 9.53. The number of carbonyl (C=O) groups is 1. The van der Waals surface area contributed by atoms with Crippen LogP contribution >= 0.6 is 0 Å². The van der Waals surface area contributed by atoms with E-state index in [0.29, 0.717) is 12.0 Å². The second-order valence-electron chi connectivity index (χ2n) is 4.77. The van der Waals surface area contributed by atoms with Gasteiger partial charge in [0.15, 0.2) is 0 Å². The van der Waals surface area contributed by atoms with E-state index in [1.165, 1.54) is 0 Å². The quantitative estimate of drug-likeness (QED) is 0.647. The lowest BCUT2D eigenvalue weighted by molar-refractivity contribution is -0.176. The van der Waals surface area contributed by atoms with Crippen LogP contribution in [0.2, 0.25) is 0 Å². The fourth-order valence-corrected chi connectivity index (χ4v) is 2.94. The number of hydrogen-bond donors (Lipinski definition) is 1. The summed E-state index contributed by atoms with van der Waals surface area (Å²) in [6, 6.07) is 0. The topological polar surface area (TPSA) is 38.3 Å². The van der Waals surface area contributed by atoms with Crippen molar-refractivity contribution >= 4 is 5.97 Å². The monoisotopic (exact) mass is 183 g/mol. The van der Waals surface area contributed by atoms with Crippen molar-refractivity contribution in [2.45, 2.75) is 26.7 Å². The van der Waals surface area contributed by atoms with E-state index in [2.05, 4.69) is 12.2 Å². The second kappa shape index (κ2) is 2.71. The molecular formula is C10H17NO2. The summed E-state index contributed by atoms with van der Waals surface area (Å²) < 4.78 is 5.09. The molecule has 0 spiro atoms. The normalized spacial score (nSPS) is 42.3. The van der Waals surface area contributed by atoms with Gasteiger partial charge in [-0.25, -0.2) is 0 Å². The molecule has 3 rings (SSSR count). The highest BCUT2D eigenvalue weighted by Crippen LogP contribution is 2.56. The van der Waals surface area contributed by atoms with Crippen LogP contribution in [0.1, 0.15) is 26.7 Å². The van der Waals surface area contributed by atoms with Gasteiger partial charge in [0.25, 0.3) is 0 Å². The van der Waals surface area contributed by atoms with Crippen molar-refractivity contribution in [2.24, 2.45) is 10.8 Å². The number of nitrogens with one attached hydrogen (secondary N) is 1. The number of rotatable bonds is 2. The highest BCUT2D eigenvalue weighted by atomic mass is 16.5. The van der Waals surface area contributed by atoms with Gasteiger partial charge in [-0.15, -0.1) is 0 Å². The first-order valence-electron chi connectivity index (χ1n) is 4.98. The Balaban J connectivity index is 2.03. The molecule has 2 heterocycles. The molecule has 3 heteroatoms. The van der Waals surface area contributed by atoms with E-state index in [1.54, 1.807) is 0 Å². The Hall–Kier alpha value is -0.570. The third-order valence-corrected chi connectivity index (χ3v) is 3.25. The van der Waals surface area contributed by atoms with Crippen LogP contribution in [-0.2, 0) is 9.53 Å². The molecule has 3 fully saturated rings. The molecule has 0 atom stereocenters. The van der Waals surface area contributed by atoms with Crippen molar-refractivity contribution in [2.75, 3.05) is 19.7 Å². The minimum absolute atomic E-state index is 0.000301. The third-order valence-electron chi connectivity index (χ3n) is 3.25. The van der Waals surface area contributed by atoms with Gasteiger partial charge in [0.2, 0.25) is 0 Å². The van der Waals surface area contributed by atoms with Crippen LogP contribution in [0.4, 0.5) is 0 Å². The lowest BCUT2D eigenvalue weighted by Gasteiger charge is -2.57. The summed E-state index contributed by atoms with van der Waals surface area (Å²) >= 11 is 0. The van der Waals surface area contributed by atoms with Crippen LogP contribution in [0, 0.1) is 10.8 Å². The second-order valence-corrected chi connectivity index (χ2v) is 4.77. The smallest absolute Gasteiger partial charge is 0.313 e. The lowest BCUT2D eigenvalue weighted by Crippen LogP contribution is -2.64. The number of ether oxygens (including phenoxy) is 1. The van der Waals surface area contributed by atoms with Crippen molar-refractivity contribution in [1.82, 2.24) is 5.32 Å². The molecule has 1 N–H and O–H groups in total. The zero-order valence-electron chi connectivity index (χ0n) is 8.35. The fourth-order valence-electron chi connectivity index (χ4n) is 2.94. The maximum Gasteiger partial charge on any atom is 0.313 e. The lowest BCUT2D eigenvalue weighted by atomic mass is 9.51. The van der Waals surface area contributed by atoms with E-state index < -0.39 is 0 Å². The Labute approximate surface area is 78.8 Å². The predicted molar refractivity (Wildman–Crippen MR) is 49.3 cm³/mol. The van der Waals surface area contributed by atoms with E-state index in [1.807, 2.05) is 6.92 Å². The van der Waals surface area contributed by atoms with Crippen molar-refractivity contribution in [3.63, 3.8) is 0 Å². The molecule has 0 amide bonds. The van der Waals surface area contributed by atoms with Gasteiger partial charge in [0.1, 0.15) is 0 Å². The summed E-state index contributed by atoms with van der Waals surface area (Å²) in [6.45, 7) is 6.45. The molecular weight excluding hydrogens is 166 g/mol. The Kier molecular flexibility index (Phi) is 1.88. The summed E-state index contributed by atoms with van der Waals surface area (Å²) in [4.78, 5) is 11.6. The fraction of sp³-hybridized carbons (Fsp3) is 0.900. The van der Waals surface area contributed by atoms with E-state index in [0.717, 1.165) is 25.9 Å². The highest BCUT2D eigenvalue weighted by Gasteiger charge is 2.59. The van der Waals surface area contributed by atoms with Crippen LogP contribution < -0.4 is 5.32 Å². The van der Waals surface area contributed by atoms with Gasteiger partial charge in [0.05, 0.1) is 12.0 Å². The minimum atomic E-state index is -0.178. The molecule has 0 aromatic heterocycles. The van der Waals surface area contributed by atoms with Gasteiger partial charge < -0.3 is 10.1 Å². The summed E-state index contributed by atoms with van der Waals surface area (Å²) in [5, 5.41) is 3.30. The maximum atomic E-state index is 11.6. The number of hydrogen-bond acceptors (Lipinski definition) is 3. The number of piperidine rings is 2. The van der Waals surface area contributed by atoms with Crippen LogP contribution in [0.15, 0.2) is 0 Å². The molecule has 2 aliphatic heterocycles. The average Bonchev–Trinajstić information content (AvgIpc) is 2.03. The van der Waals surface area contributed by atoms with Gasteiger partial charge >= 0.3 is 5.97 Å². The summed E-state index contributed by atoms with van der Waals surface area (Å²) in [5.41, 5.74) is 0.175. The molecule has 0 radical (unpaired) electrons. The Morgan fingerprint density at radius 1 is 1.46 bits per heavy atom. The van der Waals surface area contributed by atoms with Crippen molar-refractivity contribution < 1.29 is 9.53 Å². The maximum absolute atomic E-state index is 11.6. The van der Waals surface area contributed by atoms with E-state index in [-0.39, 0.29) is 11.4 Å². The highest BCUT2D eigenvalue weighted by molar-refractivity contribution is 5.79. The number of carbonyl (C=O) groups excluding carboxylic acids is 1. The first-order valence-corrected chi connectivity index (χ1v) is 4.98. The molecule has 1 saturated carbocycles. The first-order chi connectivity index (χ1) is 6.10. The molecule has 2 bridgehead atoms. The molecule has 74 valence electrons. The van der Waals surface area contributed by atoms with Gasteiger partial charge in [-0.3, -0.25) is 4.79 Å². The summed E-state index contributed by atoms with van der Waals surface area (Å²) in [5.74, 6) is -0.000301. The van der Waals surface area contributed by atoms with Crippen molar-refractivity contribution in [3.05, 3.63) is 0 Å². The number of fused-ring (bicyclic) bond motifs is 2. The van der Waals surface area contributed by atoms with E-state index >= 15 is 0 Å². The molecule has 1 aliphatic carbocycles. The molecule has 13 heavy (non-hydrogen) atoms. The molecule has 2 saturated heterocycles. The van der Waals surface area contributed by atoms with Crippen LogP contribution in [-0.4, -0.2) is 25.7 Å². The predicted octanol–water partition coefficient (Wildman–Crippen LogP) is 0.939. The molecule has 0 aromatic rings.